The van der Waals surface area contributed by atoms with Crippen molar-refractivity contribution in [2.45, 2.75) is 19.3 Å². The van der Waals surface area contributed by atoms with Gasteiger partial charge in [-0.15, -0.1) is 0 Å². The summed E-state index contributed by atoms with van der Waals surface area (Å²) in [5.74, 6) is 6.49. The molecule has 0 fully saturated rings. The zero-order valence-electron chi connectivity index (χ0n) is 10.4. The van der Waals surface area contributed by atoms with Crippen LogP contribution in [0.1, 0.15) is 24.8 Å². The van der Waals surface area contributed by atoms with Gasteiger partial charge in [-0.25, -0.2) is 0 Å². The lowest BCUT2D eigenvalue weighted by Gasteiger charge is -2.06. The molecule has 1 N–H and O–H groups in total. The maximum absolute atomic E-state index is 11.6. The summed E-state index contributed by atoms with van der Waals surface area (Å²) in [6, 6.07) is 9.78. The van der Waals surface area contributed by atoms with E-state index in [1.54, 1.807) is 0 Å². The lowest BCUT2D eigenvalue weighted by atomic mass is 10.1. The SMILES string of the molecule is O=C(CC1C=CCC1)NCC#Cc1ccccc1. The molecule has 0 spiro atoms. The van der Waals surface area contributed by atoms with Crippen molar-refractivity contribution >= 4 is 5.91 Å². The maximum Gasteiger partial charge on any atom is 0.221 e. The van der Waals surface area contributed by atoms with Crippen LogP contribution in [0.25, 0.3) is 0 Å². The van der Waals surface area contributed by atoms with Gasteiger partial charge >= 0.3 is 0 Å². The Morgan fingerprint density at radius 1 is 1.33 bits per heavy atom. The van der Waals surface area contributed by atoms with Gasteiger partial charge in [0.05, 0.1) is 6.54 Å². The van der Waals surface area contributed by atoms with Crippen LogP contribution in [0.2, 0.25) is 0 Å². The van der Waals surface area contributed by atoms with Crippen molar-refractivity contribution < 1.29 is 4.79 Å². The molecule has 0 radical (unpaired) electrons. The smallest absolute Gasteiger partial charge is 0.221 e. The molecule has 1 aliphatic rings. The van der Waals surface area contributed by atoms with Crippen LogP contribution in [0.3, 0.4) is 0 Å². The summed E-state index contributed by atoms with van der Waals surface area (Å²) in [5, 5.41) is 2.83. The zero-order valence-corrected chi connectivity index (χ0v) is 10.4. The molecule has 1 amide bonds. The summed E-state index contributed by atoms with van der Waals surface area (Å²) in [7, 11) is 0. The third-order valence-corrected chi connectivity index (χ3v) is 2.94. The Bertz CT molecular complexity index is 479. The van der Waals surface area contributed by atoms with E-state index in [0.717, 1.165) is 18.4 Å². The first kappa shape index (κ1) is 12.4. The third-order valence-electron chi connectivity index (χ3n) is 2.94. The Balaban J connectivity index is 1.70. The first-order valence-electron chi connectivity index (χ1n) is 6.32. The van der Waals surface area contributed by atoms with Gasteiger partial charge in [0, 0.05) is 12.0 Å². The van der Waals surface area contributed by atoms with Crippen molar-refractivity contribution in [3.8, 4) is 11.8 Å². The standard InChI is InChI=1S/C16H17NO/c18-16(13-15-9-4-5-10-15)17-12-6-11-14-7-2-1-3-8-14/h1-4,7-9,15H,5,10,12-13H2,(H,17,18). The normalized spacial score (nSPS) is 17.0. The lowest BCUT2D eigenvalue weighted by Crippen LogP contribution is -2.25. The zero-order chi connectivity index (χ0) is 12.6. The van der Waals surface area contributed by atoms with Crippen molar-refractivity contribution in [1.82, 2.24) is 5.32 Å². The van der Waals surface area contributed by atoms with Crippen LogP contribution in [0.5, 0.6) is 0 Å². The van der Waals surface area contributed by atoms with E-state index >= 15 is 0 Å². The second kappa shape index (κ2) is 6.66. The summed E-state index contributed by atoms with van der Waals surface area (Å²) in [4.78, 5) is 11.6. The van der Waals surface area contributed by atoms with Gasteiger partial charge < -0.3 is 5.32 Å². The van der Waals surface area contributed by atoms with Crippen LogP contribution in [0, 0.1) is 17.8 Å². The van der Waals surface area contributed by atoms with E-state index in [-0.39, 0.29) is 5.91 Å². The maximum atomic E-state index is 11.6. The number of benzene rings is 1. The Kier molecular flexibility index (Phi) is 4.60. The van der Waals surface area contributed by atoms with Crippen molar-refractivity contribution in [3.63, 3.8) is 0 Å². The van der Waals surface area contributed by atoms with E-state index in [1.807, 2.05) is 30.3 Å². The van der Waals surface area contributed by atoms with E-state index in [0.29, 0.717) is 18.9 Å². The van der Waals surface area contributed by atoms with Gasteiger partial charge in [-0.3, -0.25) is 4.79 Å². The molecule has 1 atom stereocenters. The molecule has 0 heterocycles. The summed E-state index contributed by atoms with van der Waals surface area (Å²) in [6.45, 7) is 0.421. The van der Waals surface area contributed by atoms with E-state index in [2.05, 4.69) is 29.3 Å². The molecule has 0 aliphatic heterocycles. The average molecular weight is 239 g/mol. The molecular weight excluding hydrogens is 222 g/mol. The van der Waals surface area contributed by atoms with Gasteiger partial charge in [0.15, 0.2) is 0 Å². The first-order valence-corrected chi connectivity index (χ1v) is 6.32. The predicted octanol–water partition coefficient (Wildman–Crippen LogP) is 2.51. The fourth-order valence-electron chi connectivity index (χ4n) is 1.99. The van der Waals surface area contributed by atoms with Gasteiger partial charge in [-0.2, -0.15) is 0 Å². The Morgan fingerprint density at radius 2 is 2.17 bits per heavy atom. The Morgan fingerprint density at radius 3 is 2.89 bits per heavy atom. The highest BCUT2D eigenvalue weighted by molar-refractivity contribution is 5.76. The fraction of sp³-hybridized carbons (Fsp3) is 0.312. The fourth-order valence-corrected chi connectivity index (χ4v) is 1.99. The van der Waals surface area contributed by atoms with Crippen LogP contribution in [-0.2, 0) is 4.79 Å². The van der Waals surface area contributed by atoms with Crippen molar-refractivity contribution in [2.75, 3.05) is 6.54 Å². The van der Waals surface area contributed by atoms with Crippen molar-refractivity contribution in [3.05, 3.63) is 48.0 Å². The number of carbonyl (C=O) groups is 1. The minimum absolute atomic E-state index is 0.0916. The van der Waals surface area contributed by atoms with Crippen LogP contribution < -0.4 is 5.32 Å². The molecule has 0 saturated heterocycles. The Labute approximate surface area is 108 Å². The van der Waals surface area contributed by atoms with E-state index in [9.17, 15) is 4.79 Å². The van der Waals surface area contributed by atoms with E-state index < -0.39 is 0 Å². The molecule has 2 rings (SSSR count). The summed E-state index contributed by atoms with van der Waals surface area (Å²) in [6.07, 6.45) is 7.07. The number of hydrogen-bond acceptors (Lipinski definition) is 1. The molecular formula is C16H17NO. The number of nitrogens with one attached hydrogen (secondary N) is 1. The number of hydrogen-bond donors (Lipinski definition) is 1. The molecule has 2 nitrogen and oxygen atoms in total. The molecule has 0 aromatic heterocycles. The molecule has 2 heteroatoms. The summed E-state index contributed by atoms with van der Waals surface area (Å²) >= 11 is 0. The summed E-state index contributed by atoms with van der Waals surface area (Å²) in [5.41, 5.74) is 0.977. The highest BCUT2D eigenvalue weighted by Crippen LogP contribution is 2.19. The average Bonchev–Trinajstić information content (AvgIpc) is 2.89. The quantitative estimate of drug-likeness (QED) is 0.637. The molecule has 1 unspecified atom stereocenters. The first-order chi connectivity index (χ1) is 8.84. The highest BCUT2D eigenvalue weighted by atomic mass is 16.1. The van der Waals surface area contributed by atoms with E-state index in [4.69, 9.17) is 0 Å². The third kappa shape index (κ3) is 4.10. The van der Waals surface area contributed by atoms with Crippen LogP contribution in [0.15, 0.2) is 42.5 Å². The minimum atomic E-state index is 0.0916. The number of allylic oxidation sites excluding steroid dienone is 2. The highest BCUT2D eigenvalue weighted by Gasteiger charge is 2.12. The molecule has 92 valence electrons. The van der Waals surface area contributed by atoms with Crippen molar-refractivity contribution in [2.24, 2.45) is 5.92 Å². The topological polar surface area (TPSA) is 29.1 Å². The molecule has 0 saturated carbocycles. The minimum Gasteiger partial charge on any atom is -0.345 e. The monoisotopic (exact) mass is 239 g/mol. The second-order valence-corrected chi connectivity index (χ2v) is 4.41. The van der Waals surface area contributed by atoms with Crippen LogP contribution >= 0.6 is 0 Å². The van der Waals surface area contributed by atoms with Gasteiger partial charge in [0.2, 0.25) is 5.91 Å². The largest absolute Gasteiger partial charge is 0.345 e. The van der Waals surface area contributed by atoms with Gasteiger partial charge in [0.25, 0.3) is 0 Å². The lowest BCUT2D eigenvalue weighted by molar-refractivity contribution is -0.121. The molecule has 0 bridgehead atoms. The number of carbonyl (C=O) groups excluding carboxylic acids is 1. The summed E-state index contributed by atoms with van der Waals surface area (Å²) < 4.78 is 0. The molecule has 1 aromatic rings. The second-order valence-electron chi connectivity index (χ2n) is 4.41. The predicted molar refractivity (Wildman–Crippen MR) is 72.8 cm³/mol. The van der Waals surface area contributed by atoms with Crippen LogP contribution in [0.4, 0.5) is 0 Å². The van der Waals surface area contributed by atoms with Crippen molar-refractivity contribution in [1.29, 1.82) is 0 Å². The number of amides is 1. The molecule has 1 aromatic carbocycles. The van der Waals surface area contributed by atoms with Gasteiger partial charge in [-0.05, 0) is 30.9 Å². The van der Waals surface area contributed by atoms with E-state index in [1.165, 1.54) is 0 Å². The van der Waals surface area contributed by atoms with Crippen LogP contribution in [-0.4, -0.2) is 12.5 Å². The van der Waals surface area contributed by atoms with Gasteiger partial charge in [-0.1, -0.05) is 42.2 Å². The number of rotatable bonds is 3. The molecule has 18 heavy (non-hydrogen) atoms. The molecule has 1 aliphatic carbocycles. The van der Waals surface area contributed by atoms with Gasteiger partial charge in [0.1, 0.15) is 0 Å². The Hall–Kier alpha value is -2.01.